The Kier molecular flexibility index (Phi) is 8.12. The molecule has 0 aromatic heterocycles. The van der Waals surface area contributed by atoms with E-state index in [0.29, 0.717) is 18.5 Å². The van der Waals surface area contributed by atoms with Gasteiger partial charge in [-0.25, -0.2) is 0 Å². The van der Waals surface area contributed by atoms with Crippen LogP contribution in [0.4, 0.5) is 5.69 Å². The first-order chi connectivity index (χ1) is 15.1. The molecule has 0 aliphatic heterocycles. The summed E-state index contributed by atoms with van der Waals surface area (Å²) in [5.74, 6) is 1.50. The van der Waals surface area contributed by atoms with E-state index in [1.807, 2.05) is 60.7 Å². The fourth-order valence-corrected chi connectivity index (χ4v) is 3.55. The minimum absolute atomic E-state index is 0.0584. The predicted octanol–water partition coefficient (Wildman–Crippen LogP) is 4.67. The maximum absolute atomic E-state index is 12.5. The molecule has 3 rings (SSSR count). The lowest BCUT2D eigenvalue weighted by Gasteiger charge is -2.09. The average Bonchev–Trinajstić information content (AvgIpc) is 2.80. The van der Waals surface area contributed by atoms with Crippen molar-refractivity contribution in [3.63, 3.8) is 0 Å². The van der Waals surface area contributed by atoms with E-state index in [9.17, 15) is 9.59 Å². The fraction of sp³-hybridized carbons (Fsp3) is 0.200. The highest BCUT2D eigenvalue weighted by molar-refractivity contribution is 7.97. The molecule has 0 atom stereocenters. The van der Waals surface area contributed by atoms with Gasteiger partial charge in [0.05, 0.1) is 13.5 Å². The Hall–Kier alpha value is -3.25. The van der Waals surface area contributed by atoms with Gasteiger partial charge < -0.3 is 15.4 Å². The van der Waals surface area contributed by atoms with Crippen LogP contribution in [0.2, 0.25) is 0 Å². The smallest absolute Gasteiger partial charge is 0.255 e. The molecule has 3 aromatic carbocycles. The zero-order valence-corrected chi connectivity index (χ0v) is 18.5. The number of benzene rings is 3. The Balaban J connectivity index is 1.48. The molecular weight excluding hydrogens is 408 g/mol. The lowest BCUT2D eigenvalue weighted by atomic mass is 10.1. The van der Waals surface area contributed by atoms with Crippen LogP contribution in [0.15, 0.2) is 72.8 Å². The van der Waals surface area contributed by atoms with Gasteiger partial charge >= 0.3 is 0 Å². The zero-order valence-electron chi connectivity index (χ0n) is 17.7. The molecule has 2 amide bonds. The Morgan fingerprint density at radius 3 is 2.06 bits per heavy atom. The number of carbonyl (C=O) groups is 2. The van der Waals surface area contributed by atoms with Gasteiger partial charge in [-0.05, 0) is 59.3 Å². The second-order valence-corrected chi connectivity index (χ2v) is 7.95. The summed E-state index contributed by atoms with van der Waals surface area (Å²) in [6.07, 6.45) is 2.37. The molecule has 0 aliphatic rings. The van der Waals surface area contributed by atoms with Crippen molar-refractivity contribution < 1.29 is 14.3 Å². The fourth-order valence-electron chi connectivity index (χ4n) is 3.02. The van der Waals surface area contributed by atoms with Gasteiger partial charge in [-0.1, -0.05) is 36.4 Å². The Morgan fingerprint density at radius 1 is 0.839 bits per heavy atom. The van der Waals surface area contributed by atoms with Crippen molar-refractivity contribution in [2.45, 2.75) is 18.7 Å². The third-order valence-electron chi connectivity index (χ3n) is 4.75. The summed E-state index contributed by atoms with van der Waals surface area (Å²) in [5, 5.41) is 5.82. The van der Waals surface area contributed by atoms with Gasteiger partial charge in [0.15, 0.2) is 0 Å². The molecule has 0 spiro atoms. The molecule has 0 fully saturated rings. The molecular formula is C25H26N2O3S. The van der Waals surface area contributed by atoms with E-state index < -0.39 is 0 Å². The lowest BCUT2D eigenvalue weighted by Crippen LogP contribution is -2.24. The molecule has 0 saturated heterocycles. The second kappa shape index (κ2) is 11.2. The molecule has 0 heterocycles. The van der Waals surface area contributed by atoms with Crippen LogP contribution >= 0.6 is 11.8 Å². The van der Waals surface area contributed by atoms with E-state index in [1.165, 1.54) is 5.56 Å². The zero-order chi connectivity index (χ0) is 22.1. The highest BCUT2D eigenvalue weighted by atomic mass is 32.2. The van der Waals surface area contributed by atoms with Crippen molar-refractivity contribution in [2.24, 2.45) is 0 Å². The second-order valence-electron chi connectivity index (χ2n) is 7.08. The summed E-state index contributed by atoms with van der Waals surface area (Å²) in [7, 11) is 1.61. The molecule has 0 saturated carbocycles. The largest absolute Gasteiger partial charge is 0.497 e. The third-order valence-corrected chi connectivity index (χ3v) is 5.37. The van der Waals surface area contributed by atoms with E-state index in [0.717, 1.165) is 28.3 Å². The highest BCUT2D eigenvalue weighted by Crippen LogP contribution is 2.15. The summed E-state index contributed by atoms with van der Waals surface area (Å²) < 4.78 is 5.12. The van der Waals surface area contributed by atoms with E-state index in [1.54, 1.807) is 31.0 Å². The van der Waals surface area contributed by atoms with Crippen LogP contribution in [-0.2, 0) is 23.5 Å². The number of hydrogen-bond acceptors (Lipinski definition) is 4. The van der Waals surface area contributed by atoms with Crippen molar-refractivity contribution >= 4 is 29.3 Å². The van der Waals surface area contributed by atoms with Crippen LogP contribution in [0.1, 0.15) is 27.0 Å². The highest BCUT2D eigenvalue weighted by Gasteiger charge is 2.08. The number of methoxy groups -OCH3 is 1. The van der Waals surface area contributed by atoms with Crippen LogP contribution in [-0.4, -0.2) is 25.2 Å². The molecule has 31 heavy (non-hydrogen) atoms. The van der Waals surface area contributed by atoms with Gasteiger partial charge in [0.1, 0.15) is 5.75 Å². The number of hydrogen-bond donors (Lipinski definition) is 2. The normalized spacial score (nSPS) is 10.4. The predicted molar refractivity (Wildman–Crippen MR) is 127 cm³/mol. The van der Waals surface area contributed by atoms with Crippen molar-refractivity contribution in [1.29, 1.82) is 0 Å². The lowest BCUT2D eigenvalue weighted by molar-refractivity contribution is -0.120. The van der Waals surface area contributed by atoms with Crippen molar-refractivity contribution in [3.05, 3.63) is 95.1 Å². The summed E-state index contributed by atoms with van der Waals surface area (Å²) in [6, 6.07) is 22.5. The maximum atomic E-state index is 12.5. The van der Waals surface area contributed by atoms with Crippen molar-refractivity contribution in [3.8, 4) is 5.75 Å². The molecule has 0 aliphatic carbocycles. The van der Waals surface area contributed by atoms with Gasteiger partial charge in [-0.2, -0.15) is 11.8 Å². The van der Waals surface area contributed by atoms with Gasteiger partial charge in [-0.3, -0.25) is 9.59 Å². The SMILES string of the molecule is COc1ccc(CC(=O)NCc2ccc(C(=O)Nc3ccc(CSC)cc3)cc2)cc1. The Bertz CT molecular complexity index is 1000. The topological polar surface area (TPSA) is 67.4 Å². The number of anilines is 1. The molecule has 2 N–H and O–H groups in total. The molecule has 0 bridgehead atoms. The summed E-state index contributed by atoms with van der Waals surface area (Å²) >= 11 is 1.76. The summed E-state index contributed by atoms with van der Waals surface area (Å²) in [4.78, 5) is 24.6. The van der Waals surface area contributed by atoms with E-state index in [2.05, 4.69) is 16.9 Å². The first-order valence-electron chi connectivity index (χ1n) is 9.95. The number of ether oxygens (including phenoxy) is 1. The number of rotatable bonds is 9. The molecule has 3 aromatic rings. The van der Waals surface area contributed by atoms with Gasteiger partial charge in [0.25, 0.3) is 5.91 Å². The summed E-state index contributed by atoms with van der Waals surface area (Å²) in [6.45, 7) is 0.411. The molecule has 160 valence electrons. The van der Waals surface area contributed by atoms with Crippen molar-refractivity contribution in [2.75, 3.05) is 18.7 Å². The minimum Gasteiger partial charge on any atom is -0.497 e. The first kappa shape index (κ1) is 22.4. The Morgan fingerprint density at radius 2 is 1.45 bits per heavy atom. The quantitative estimate of drug-likeness (QED) is 0.514. The summed E-state index contributed by atoms with van der Waals surface area (Å²) in [5.41, 5.74) is 4.42. The van der Waals surface area contributed by atoms with E-state index in [4.69, 9.17) is 4.74 Å². The number of carbonyl (C=O) groups excluding carboxylic acids is 2. The number of thioether (sulfide) groups is 1. The van der Waals surface area contributed by atoms with Crippen LogP contribution in [0.3, 0.4) is 0 Å². The number of amides is 2. The van der Waals surface area contributed by atoms with Crippen LogP contribution in [0.25, 0.3) is 0 Å². The van der Waals surface area contributed by atoms with Crippen LogP contribution < -0.4 is 15.4 Å². The van der Waals surface area contributed by atoms with Crippen LogP contribution in [0.5, 0.6) is 5.75 Å². The standard InChI is InChI=1S/C25H26N2O3S/c1-30-23-13-7-18(8-14-23)15-24(28)26-16-19-3-9-21(10-4-19)25(29)27-22-11-5-20(6-12-22)17-31-2/h3-14H,15-17H2,1-2H3,(H,26,28)(H,27,29). The van der Waals surface area contributed by atoms with Crippen LogP contribution in [0, 0.1) is 0 Å². The van der Waals surface area contributed by atoms with Gasteiger partial charge in [0, 0.05) is 23.5 Å². The van der Waals surface area contributed by atoms with Gasteiger partial charge in [-0.15, -0.1) is 0 Å². The minimum atomic E-state index is -0.160. The average molecular weight is 435 g/mol. The molecule has 0 unspecified atom stereocenters. The third kappa shape index (κ3) is 6.89. The monoisotopic (exact) mass is 434 g/mol. The number of nitrogens with one attached hydrogen (secondary N) is 2. The molecule has 6 heteroatoms. The van der Waals surface area contributed by atoms with E-state index >= 15 is 0 Å². The van der Waals surface area contributed by atoms with Crippen molar-refractivity contribution in [1.82, 2.24) is 5.32 Å². The maximum Gasteiger partial charge on any atom is 0.255 e. The first-order valence-corrected chi connectivity index (χ1v) is 11.3. The molecule has 5 nitrogen and oxygen atoms in total. The van der Waals surface area contributed by atoms with E-state index in [-0.39, 0.29) is 11.8 Å². The Labute approximate surface area is 187 Å². The van der Waals surface area contributed by atoms with Gasteiger partial charge in [0.2, 0.25) is 5.91 Å². The molecule has 0 radical (unpaired) electrons.